The molecule has 0 saturated carbocycles. The third kappa shape index (κ3) is 2.72. The largest absolute Gasteiger partial charge is 0.487 e. The first kappa shape index (κ1) is 15.0. The fraction of sp³-hybridized carbons (Fsp3) is 0.118. The molecule has 2 heterocycles. The molecule has 2 N–H and O–H groups in total. The molecule has 0 atom stereocenters. The molecule has 120 valence electrons. The zero-order valence-corrected chi connectivity index (χ0v) is 14.5. The fourth-order valence-corrected chi connectivity index (χ4v) is 3.72. The minimum atomic E-state index is 0.371. The Bertz CT molecular complexity index is 1010. The van der Waals surface area contributed by atoms with Gasteiger partial charge in [0.05, 0.1) is 28.7 Å². The lowest BCUT2D eigenvalue weighted by Gasteiger charge is -2.12. The number of thiazole rings is 1. The SMILES string of the molecule is Cc1nsnc1-c1c(OCc2csc(N)n2)ccc2ccccc12. The lowest BCUT2D eigenvalue weighted by molar-refractivity contribution is 0.304. The van der Waals surface area contributed by atoms with E-state index in [9.17, 15) is 0 Å². The van der Waals surface area contributed by atoms with Crippen LogP contribution >= 0.6 is 23.1 Å². The van der Waals surface area contributed by atoms with Gasteiger partial charge in [-0.15, -0.1) is 11.3 Å². The summed E-state index contributed by atoms with van der Waals surface area (Å²) < 4.78 is 14.8. The Balaban J connectivity index is 1.81. The molecule has 0 amide bonds. The van der Waals surface area contributed by atoms with Gasteiger partial charge >= 0.3 is 0 Å². The summed E-state index contributed by atoms with van der Waals surface area (Å²) in [4.78, 5) is 4.24. The predicted octanol–water partition coefficient (Wildman–Crippen LogP) is 4.28. The monoisotopic (exact) mass is 354 g/mol. The molecule has 0 aliphatic heterocycles. The van der Waals surface area contributed by atoms with Crippen molar-refractivity contribution in [3.05, 3.63) is 53.2 Å². The highest BCUT2D eigenvalue weighted by molar-refractivity contribution is 7.13. The summed E-state index contributed by atoms with van der Waals surface area (Å²) in [5, 5.41) is 4.70. The van der Waals surface area contributed by atoms with Crippen LogP contribution in [0.3, 0.4) is 0 Å². The van der Waals surface area contributed by atoms with E-state index in [0.29, 0.717) is 11.7 Å². The van der Waals surface area contributed by atoms with E-state index in [1.165, 1.54) is 23.1 Å². The van der Waals surface area contributed by atoms with Gasteiger partial charge in [0.1, 0.15) is 18.1 Å². The van der Waals surface area contributed by atoms with E-state index in [4.69, 9.17) is 10.5 Å². The van der Waals surface area contributed by atoms with Crippen molar-refractivity contribution < 1.29 is 4.74 Å². The minimum Gasteiger partial charge on any atom is -0.487 e. The van der Waals surface area contributed by atoms with Gasteiger partial charge in [0, 0.05) is 5.38 Å². The van der Waals surface area contributed by atoms with Gasteiger partial charge in [0.15, 0.2) is 5.13 Å². The molecule has 0 bridgehead atoms. The number of fused-ring (bicyclic) bond motifs is 1. The quantitative estimate of drug-likeness (QED) is 0.592. The molecule has 24 heavy (non-hydrogen) atoms. The molecular formula is C17H14N4OS2. The second-order valence-electron chi connectivity index (χ2n) is 5.32. The van der Waals surface area contributed by atoms with Gasteiger partial charge in [-0.1, -0.05) is 30.3 Å². The van der Waals surface area contributed by atoms with Crippen LogP contribution in [0.15, 0.2) is 41.8 Å². The summed E-state index contributed by atoms with van der Waals surface area (Å²) >= 11 is 2.63. The maximum absolute atomic E-state index is 6.05. The van der Waals surface area contributed by atoms with Gasteiger partial charge in [0.2, 0.25) is 0 Å². The van der Waals surface area contributed by atoms with Crippen molar-refractivity contribution in [3.63, 3.8) is 0 Å². The lowest BCUT2D eigenvalue weighted by atomic mass is 10.00. The number of aromatic nitrogens is 3. The van der Waals surface area contributed by atoms with Crippen LogP contribution in [0.5, 0.6) is 5.75 Å². The summed E-state index contributed by atoms with van der Waals surface area (Å²) in [6, 6.07) is 12.2. The van der Waals surface area contributed by atoms with Crippen molar-refractivity contribution in [2.24, 2.45) is 0 Å². The summed E-state index contributed by atoms with van der Waals surface area (Å²) in [5.74, 6) is 0.774. The Hall–Kier alpha value is -2.51. The second-order valence-corrected chi connectivity index (χ2v) is 6.74. The van der Waals surface area contributed by atoms with E-state index in [-0.39, 0.29) is 0 Å². The lowest BCUT2D eigenvalue weighted by Crippen LogP contribution is -1.99. The highest BCUT2D eigenvalue weighted by Gasteiger charge is 2.16. The first-order valence-electron chi connectivity index (χ1n) is 7.36. The van der Waals surface area contributed by atoms with Gasteiger partial charge in [-0.3, -0.25) is 0 Å². The molecule has 0 unspecified atom stereocenters. The normalized spacial score (nSPS) is 11.0. The molecule has 0 spiro atoms. The zero-order chi connectivity index (χ0) is 16.5. The number of ether oxygens (including phenoxy) is 1. The summed E-state index contributed by atoms with van der Waals surface area (Å²) in [6.07, 6.45) is 0. The fourth-order valence-electron chi connectivity index (χ4n) is 2.62. The van der Waals surface area contributed by atoms with Crippen molar-refractivity contribution in [1.29, 1.82) is 0 Å². The summed E-state index contributed by atoms with van der Waals surface area (Å²) in [6.45, 7) is 2.33. The van der Waals surface area contributed by atoms with Gasteiger partial charge in [0.25, 0.3) is 0 Å². The number of anilines is 1. The van der Waals surface area contributed by atoms with Crippen LogP contribution in [0.2, 0.25) is 0 Å². The third-order valence-electron chi connectivity index (χ3n) is 3.73. The average Bonchev–Trinajstić information content (AvgIpc) is 3.20. The van der Waals surface area contributed by atoms with Crippen LogP contribution in [-0.4, -0.2) is 13.7 Å². The van der Waals surface area contributed by atoms with Crippen LogP contribution in [0, 0.1) is 6.92 Å². The molecule has 0 aliphatic carbocycles. The first-order chi connectivity index (χ1) is 11.7. The number of aryl methyl sites for hydroxylation is 1. The van der Waals surface area contributed by atoms with Crippen LogP contribution in [0.4, 0.5) is 5.13 Å². The number of nitrogens with two attached hydrogens (primary N) is 1. The average molecular weight is 354 g/mol. The number of hydrogen-bond acceptors (Lipinski definition) is 7. The van der Waals surface area contributed by atoms with E-state index in [1.54, 1.807) is 0 Å². The molecule has 4 aromatic rings. The maximum atomic E-state index is 6.05. The van der Waals surface area contributed by atoms with E-state index in [1.807, 2.05) is 30.5 Å². The van der Waals surface area contributed by atoms with Gasteiger partial charge < -0.3 is 10.5 Å². The molecular weight excluding hydrogens is 340 g/mol. The van der Waals surface area contributed by atoms with E-state index in [2.05, 4.69) is 31.9 Å². The summed E-state index contributed by atoms with van der Waals surface area (Å²) in [5.41, 5.74) is 9.25. The van der Waals surface area contributed by atoms with Crippen LogP contribution in [0.25, 0.3) is 22.0 Å². The van der Waals surface area contributed by atoms with Crippen molar-refractivity contribution in [1.82, 2.24) is 13.7 Å². The number of rotatable bonds is 4. The summed E-state index contributed by atoms with van der Waals surface area (Å²) in [7, 11) is 0. The molecule has 0 radical (unpaired) electrons. The highest BCUT2D eigenvalue weighted by Crippen LogP contribution is 2.38. The van der Waals surface area contributed by atoms with Gasteiger partial charge in [-0.2, -0.15) is 8.75 Å². The van der Waals surface area contributed by atoms with E-state index in [0.717, 1.165) is 39.2 Å². The molecule has 0 fully saturated rings. The Morgan fingerprint density at radius 2 is 2.00 bits per heavy atom. The minimum absolute atomic E-state index is 0.371. The van der Waals surface area contributed by atoms with Gasteiger partial charge in [-0.05, 0) is 23.8 Å². The Kier molecular flexibility index (Phi) is 3.87. The number of nitrogen functional groups attached to an aromatic ring is 1. The number of hydrogen-bond donors (Lipinski definition) is 1. The van der Waals surface area contributed by atoms with Crippen molar-refractivity contribution in [3.8, 4) is 17.0 Å². The number of benzene rings is 2. The van der Waals surface area contributed by atoms with E-state index < -0.39 is 0 Å². The first-order valence-corrected chi connectivity index (χ1v) is 8.97. The second kappa shape index (κ2) is 6.18. The number of nitrogens with zero attached hydrogens (tertiary/aromatic N) is 3. The van der Waals surface area contributed by atoms with Crippen LogP contribution < -0.4 is 10.5 Å². The van der Waals surface area contributed by atoms with Crippen LogP contribution in [0.1, 0.15) is 11.4 Å². The Morgan fingerprint density at radius 1 is 1.12 bits per heavy atom. The van der Waals surface area contributed by atoms with Crippen molar-refractivity contribution in [2.45, 2.75) is 13.5 Å². The maximum Gasteiger partial charge on any atom is 0.180 e. The van der Waals surface area contributed by atoms with Gasteiger partial charge in [-0.25, -0.2) is 4.98 Å². The molecule has 5 nitrogen and oxygen atoms in total. The molecule has 7 heteroatoms. The standard InChI is InChI=1S/C17H14N4OS2/c1-10-16(21-24-20-10)15-13-5-3-2-4-11(13)6-7-14(15)22-8-12-9-23-17(18)19-12/h2-7,9H,8H2,1H3,(H2,18,19). The molecule has 0 saturated heterocycles. The Morgan fingerprint density at radius 3 is 2.75 bits per heavy atom. The van der Waals surface area contributed by atoms with E-state index >= 15 is 0 Å². The smallest absolute Gasteiger partial charge is 0.180 e. The molecule has 4 rings (SSSR count). The predicted molar refractivity (Wildman–Crippen MR) is 98.4 cm³/mol. The molecule has 2 aromatic carbocycles. The third-order valence-corrected chi connectivity index (χ3v) is 5.07. The topological polar surface area (TPSA) is 73.9 Å². The highest BCUT2D eigenvalue weighted by atomic mass is 32.1. The molecule has 2 aromatic heterocycles. The van der Waals surface area contributed by atoms with Crippen molar-refractivity contribution >= 4 is 39.0 Å². The van der Waals surface area contributed by atoms with Crippen LogP contribution in [-0.2, 0) is 6.61 Å². The Labute approximate surface area is 147 Å². The molecule has 0 aliphatic rings. The van der Waals surface area contributed by atoms with Crippen molar-refractivity contribution in [2.75, 3.05) is 5.73 Å². The zero-order valence-electron chi connectivity index (χ0n) is 12.9.